The minimum atomic E-state index is -1.83. The second kappa shape index (κ2) is 14.2. The minimum Gasteiger partial charge on any atom is -0.504 e. The summed E-state index contributed by atoms with van der Waals surface area (Å²) in [7, 11) is 1.24. The predicted molar refractivity (Wildman–Crippen MR) is 163 cm³/mol. The molecule has 0 unspecified atom stereocenters. The van der Waals surface area contributed by atoms with E-state index in [9.17, 15) is 40.0 Å². The van der Waals surface area contributed by atoms with Crippen LogP contribution in [0.2, 0.25) is 0 Å². The third-order valence-electron chi connectivity index (χ3n) is 6.38. The van der Waals surface area contributed by atoms with Crippen molar-refractivity contribution in [3.05, 3.63) is 46.4 Å². The Morgan fingerprint density at radius 2 is 1.66 bits per heavy atom. The molecule has 0 saturated heterocycles. The van der Waals surface area contributed by atoms with Gasteiger partial charge in [0.2, 0.25) is 28.7 Å². The molecule has 4 bridgehead atoms. The summed E-state index contributed by atoms with van der Waals surface area (Å²) in [5.74, 6) is -4.09. The van der Waals surface area contributed by atoms with Crippen molar-refractivity contribution >= 4 is 29.6 Å². The lowest BCUT2D eigenvalue weighted by Crippen LogP contribution is -2.56. The summed E-state index contributed by atoms with van der Waals surface area (Å²) in [5, 5.41) is 48.5. The van der Waals surface area contributed by atoms with E-state index in [2.05, 4.69) is 20.9 Å². The van der Waals surface area contributed by atoms with Crippen LogP contribution in [0.25, 0.3) is 4.98 Å². The van der Waals surface area contributed by atoms with E-state index in [1.54, 1.807) is 47.6 Å². The Morgan fingerprint density at radius 1 is 1.00 bits per heavy atom. The highest BCUT2D eigenvalue weighted by Crippen LogP contribution is 2.44. The molecule has 3 amide bonds. The average Bonchev–Trinajstić information content (AvgIpc) is 2.95. The zero-order chi connectivity index (χ0) is 35.3. The van der Waals surface area contributed by atoms with Gasteiger partial charge in [0, 0.05) is 6.07 Å². The number of hydrogen-bond donors (Lipinski definition) is 5. The lowest BCUT2D eigenvalue weighted by molar-refractivity contribution is -0.159. The summed E-state index contributed by atoms with van der Waals surface area (Å²) in [6.45, 7) is 9.51. The number of fused-ring (bicyclic) bond motifs is 9. The molecule has 0 radical (unpaired) electrons. The maximum absolute atomic E-state index is 13.6. The number of nitrogens with zero attached hydrogens (tertiary/aromatic N) is 3. The van der Waals surface area contributed by atoms with Gasteiger partial charge in [-0.15, -0.1) is 0 Å². The van der Waals surface area contributed by atoms with Gasteiger partial charge in [0.15, 0.2) is 22.5 Å². The number of diazo groups is 1. The van der Waals surface area contributed by atoms with E-state index < -0.39 is 71.5 Å². The van der Waals surface area contributed by atoms with E-state index >= 15 is 0 Å². The number of ether oxygens (including phenoxy) is 4. The number of aromatic hydroxyl groups is 1. The fourth-order valence-electron chi connectivity index (χ4n) is 4.42. The maximum atomic E-state index is 13.6. The molecule has 0 spiro atoms. The number of carbonyl (C=O) groups excluding carboxylic acids is 4. The highest BCUT2D eigenvalue weighted by Gasteiger charge is 2.38. The Labute approximate surface area is 270 Å². The van der Waals surface area contributed by atoms with Crippen molar-refractivity contribution in [3.8, 4) is 29.1 Å². The minimum absolute atomic E-state index is 0.0386. The fourth-order valence-corrected chi connectivity index (χ4v) is 4.42. The number of phenols is 1. The third kappa shape index (κ3) is 9.21. The van der Waals surface area contributed by atoms with Crippen LogP contribution < -0.4 is 25.4 Å². The van der Waals surface area contributed by atoms with E-state index in [0.29, 0.717) is 0 Å². The Bertz CT molecular complexity index is 1630. The first kappa shape index (κ1) is 35.9. The van der Waals surface area contributed by atoms with Crippen molar-refractivity contribution in [2.24, 2.45) is 0 Å². The van der Waals surface area contributed by atoms with E-state index in [1.165, 1.54) is 25.3 Å². The molecule has 47 heavy (non-hydrogen) atoms. The molecule has 2 aromatic carbocycles. The normalized spacial score (nSPS) is 20.0. The van der Waals surface area contributed by atoms with Gasteiger partial charge in [-0.2, -0.15) is 5.26 Å². The number of aliphatic hydroxyl groups excluding tert-OH is 1. The third-order valence-corrected chi connectivity index (χ3v) is 6.38. The van der Waals surface area contributed by atoms with Crippen molar-refractivity contribution in [3.63, 3.8) is 0 Å². The number of rotatable bonds is 4. The van der Waals surface area contributed by atoms with Crippen LogP contribution >= 0.6 is 0 Å². The van der Waals surface area contributed by atoms with Crippen LogP contribution in [0.4, 0.5) is 10.5 Å². The zero-order valence-electron chi connectivity index (χ0n) is 26.9. The molecule has 4 rings (SSSR count). The molecule has 5 N–H and O–H groups in total. The Hall–Kier alpha value is -5.61. The SMILES string of the molecule is COc1c(O)cc2cc1Oc1ccc(cc1[N+]#N)[C@H](O)[C@H](NC(=O)OC(C)(C)C)C(=O)N[C@H](CC#N)C(=O)N[C@H]2C(=O)OC(C)(C)C. The van der Waals surface area contributed by atoms with Crippen LogP contribution in [0.1, 0.15) is 71.2 Å². The summed E-state index contributed by atoms with van der Waals surface area (Å²) in [6.07, 6.45) is -3.51. The first-order valence-electron chi connectivity index (χ1n) is 14.3. The van der Waals surface area contributed by atoms with Crippen LogP contribution in [-0.2, 0) is 23.9 Å². The molecule has 2 aliphatic heterocycles. The van der Waals surface area contributed by atoms with Gasteiger partial charge in [-0.25, -0.2) is 9.59 Å². The van der Waals surface area contributed by atoms with Gasteiger partial charge < -0.3 is 45.1 Å². The summed E-state index contributed by atoms with van der Waals surface area (Å²) in [5.41, 5.74) is -2.35. The Morgan fingerprint density at radius 3 is 2.23 bits per heavy atom. The molecule has 0 aromatic heterocycles. The molecule has 0 fully saturated rings. The molecule has 250 valence electrons. The lowest BCUT2D eigenvalue weighted by Gasteiger charge is -2.29. The molecule has 16 nitrogen and oxygen atoms in total. The topological polar surface area (TPSA) is 234 Å². The van der Waals surface area contributed by atoms with Crippen molar-refractivity contribution in [2.45, 2.75) is 83.4 Å². The van der Waals surface area contributed by atoms with Crippen molar-refractivity contribution in [1.82, 2.24) is 16.0 Å². The predicted octanol–water partition coefficient (Wildman–Crippen LogP) is 3.52. The van der Waals surface area contributed by atoms with Gasteiger partial charge in [-0.3, -0.25) is 9.59 Å². The number of methoxy groups -OCH3 is 1. The summed E-state index contributed by atoms with van der Waals surface area (Å²) in [4.78, 5) is 56.6. The highest BCUT2D eigenvalue weighted by molar-refractivity contribution is 5.94. The smallest absolute Gasteiger partial charge is 0.427 e. The second-order valence-electron chi connectivity index (χ2n) is 12.5. The molecule has 4 atom stereocenters. The second-order valence-corrected chi connectivity index (χ2v) is 12.5. The first-order valence-corrected chi connectivity index (χ1v) is 14.3. The van der Waals surface area contributed by atoms with E-state index in [-0.39, 0.29) is 34.1 Å². The van der Waals surface area contributed by atoms with E-state index in [4.69, 9.17) is 18.9 Å². The molecule has 16 heteroatoms. The largest absolute Gasteiger partial charge is 0.504 e. The molecule has 0 aliphatic carbocycles. The van der Waals surface area contributed by atoms with Crippen LogP contribution in [0, 0.1) is 16.7 Å². The summed E-state index contributed by atoms with van der Waals surface area (Å²) in [6, 6.07) is 2.85. The fraction of sp³-hybridized carbons (Fsp3) is 0.452. The quantitative estimate of drug-likeness (QED) is 0.236. The van der Waals surface area contributed by atoms with Crippen LogP contribution in [0.3, 0.4) is 0 Å². The number of aliphatic hydroxyl groups is 1. The van der Waals surface area contributed by atoms with Gasteiger partial charge in [0.05, 0.1) is 19.6 Å². The zero-order valence-corrected chi connectivity index (χ0v) is 26.9. The standard InChI is InChI=1S/C31H36N6O10/c1-30(2,3)46-28(42)22-16-13-19(38)25(44-7)21(14-16)45-20-9-8-15(12-18(20)37-33)24(39)23(36-29(43)47-31(4,5)6)27(41)34-17(10-11-32)26(40)35-22/h8-9,12-14,17,22-24,39H,10H2,1-7H3,(H3-,34,35,36,38,40,41,43)/p+1/t17-,22-,23+,24+/m1/s1. The Balaban J connectivity index is 2.27. The van der Waals surface area contributed by atoms with Crippen LogP contribution in [-0.4, -0.2) is 64.5 Å². The van der Waals surface area contributed by atoms with Crippen LogP contribution in [0.15, 0.2) is 30.3 Å². The Kier molecular flexibility index (Phi) is 10.8. The molecule has 2 aromatic rings. The van der Waals surface area contributed by atoms with Crippen molar-refractivity contribution < 1.29 is 48.3 Å². The van der Waals surface area contributed by atoms with Crippen molar-refractivity contribution in [1.29, 1.82) is 10.7 Å². The number of hydrogen-bond acceptors (Lipinski definition) is 12. The van der Waals surface area contributed by atoms with Gasteiger partial charge in [-0.1, -0.05) is 6.07 Å². The number of nitriles is 1. The summed E-state index contributed by atoms with van der Waals surface area (Å²) < 4.78 is 22.0. The van der Waals surface area contributed by atoms with Gasteiger partial charge in [0.25, 0.3) is 0 Å². The van der Waals surface area contributed by atoms with Gasteiger partial charge >= 0.3 is 17.7 Å². The first-order chi connectivity index (χ1) is 21.9. The monoisotopic (exact) mass is 653 g/mol. The number of alkyl carbamates (subject to hydrolysis) is 1. The van der Waals surface area contributed by atoms with E-state index in [1.807, 2.05) is 0 Å². The van der Waals surface area contributed by atoms with Gasteiger partial charge in [0.1, 0.15) is 29.4 Å². The number of carbonyl (C=O) groups is 4. The molecule has 2 aliphatic rings. The molecular formula is C31H37N6O10+. The molecule has 0 saturated carbocycles. The summed E-state index contributed by atoms with van der Waals surface area (Å²) >= 11 is 0. The van der Waals surface area contributed by atoms with Gasteiger partial charge in [-0.05, 0) is 70.9 Å². The number of benzene rings is 2. The lowest BCUT2D eigenvalue weighted by atomic mass is 9.99. The van der Waals surface area contributed by atoms with E-state index in [0.717, 1.165) is 12.1 Å². The van der Waals surface area contributed by atoms with Crippen LogP contribution in [0.5, 0.6) is 23.0 Å². The number of amides is 3. The number of phenolic OH excluding ortho intramolecular Hbond substituents is 1. The highest BCUT2D eigenvalue weighted by atomic mass is 16.6. The number of nitrogens with one attached hydrogen (secondary N) is 3. The average molecular weight is 654 g/mol. The van der Waals surface area contributed by atoms with Crippen molar-refractivity contribution in [2.75, 3.05) is 7.11 Å². The molecular weight excluding hydrogens is 616 g/mol. The number of esters is 1. The maximum Gasteiger partial charge on any atom is 0.427 e. The molecule has 2 heterocycles.